The summed E-state index contributed by atoms with van der Waals surface area (Å²) in [5.41, 5.74) is 3.49. The number of benzene rings is 1. The summed E-state index contributed by atoms with van der Waals surface area (Å²) in [6, 6.07) is 12.9. The van der Waals surface area contributed by atoms with E-state index >= 15 is 0 Å². The number of amides is 2. The molecule has 0 radical (unpaired) electrons. The van der Waals surface area contributed by atoms with Crippen LogP contribution in [0.3, 0.4) is 0 Å². The van der Waals surface area contributed by atoms with Gasteiger partial charge in [0.1, 0.15) is 5.82 Å². The Morgan fingerprint density at radius 3 is 2.35 bits per heavy atom. The van der Waals surface area contributed by atoms with Crippen molar-refractivity contribution in [2.24, 2.45) is 5.92 Å². The molecule has 0 unspecified atom stereocenters. The second kappa shape index (κ2) is 9.01. The normalized spacial score (nSPS) is 14.5. The highest BCUT2D eigenvalue weighted by Gasteiger charge is 2.28. The number of hydrogen-bond donors (Lipinski definition) is 1. The number of anilines is 1. The number of hydrogen-bond acceptors (Lipinski definition) is 4. The zero-order chi connectivity index (χ0) is 22.0. The van der Waals surface area contributed by atoms with Gasteiger partial charge in [0.2, 0.25) is 5.91 Å². The van der Waals surface area contributed by atoms with E-state index in [1.54, 1.807) is 12.3 Å². The molecule has 1 saturated heterocycles. The van der Waals surface area contributed by atoms with Gasteiger partial charge in [0.25, 0.3) is 5.91 Å². The first-order valence-electron chi connectivity index (χ1n) is 10.3. The van der Waals surface area contributed by atoms with Crippen molar-refractivity contribution in [2.75, 3.05) is 18.4 Å². The van der Waals surface area contributed by atoms with Crippen LogP contribution in [0.2, 0.25) is 0 Å². The number of halogens is 1. The Kier molecular flexibility index (Phi) is 6.18. The lowest BCUT2D eigenvalue weighted by Crippen LogP contribution is -2.41. The highest BCUT2D eigenvalue weighted by molar-refractivity contribution is 9.10. The molecule has 1 aliphatic heterocycles. The van der Waals surface area contributed by atoms with Crippen molar-refractivity contribution in [3.8, 4) is 5.69 Å². The molecule has 1 aliphatic rings. The fourth-order valence-corrected chi connectivity index (χ4v) is 4.06. The maximum atomic E-state index is 12.9. The summed E-state index contributed by atoms with van der Waals surface area (Å²) in [6.45, 7) is 5.07. The van der Waals surface area contributed by atoms with Crippen LogP contribution in [-0.4, -0.2) is 44.6 Å². The number of carbonyl (C=O) groups is 2. The number of nitrogens with one attached hydrogen (secondary N) is 1. The Morgan fingerprint density at radius 1 is 1.06 bits per heavy atom. The molecule has 0 saturated carbocycles. The number of rotatable bonds is 4. The molecule has 160 valence electrons. The highest BCUT2D eigenvalue weighted by atomic mass is 79.9. The van der Waals surface area contributed by atoms with Crippen LogP contribution in [-0.2, 0) is 4.79 Å². The van der Waals surface area contributed by atoms with Gasteiger partial charge in [-0.05, 0) is 79.0 Å². The van der Waals surface area contributed by atoms with Crippen molar-refractivity contribution in [1.82, 2.24) is 19.7 Å². The Labute approximate surface area is 189 Å². The molecule has 2 amide bonds. The molecule has 4 rings (SSSR count). The zero-order valence-corrected chi connectivity index (χ0v) is 19.1. The van der Waals surface area contributed by atoms with E-state index in [0.29, 0.717) is 37.3 Å². The van der Waals surface area contributed by atoms with Gasteiger partial charge in [0.05, 0.1) is 21.5 Å². The average molecular weight is 482 g/mol. The molecule has 0 atom stereocenters. The number of likely N-dealkylation sites (tertiary alicyclic amines) is 1. The topological polar surface area (TPSA) is 80.1 Å². The van der Waals surface area contributed by atoms with Gasteiger partial charge < -0.3 is 10.2 Å². The van der Waals surface area contributed by atoms with Crippen molar-refractivity contribution in [1.29, 1.82) is 0 Å². The number of nitrogens with zero attached hydrogens (tertiary/aromatic N) is 4. The van der Waals surface area contributed by atoms with E-state index < -0.39 is 0 Å². The molecule has 0 bridgehead atoms. The van der Waals surface area contributed by atoms with E-state index in [2.05, 4.69) is 31.3 Å². The minimum atomic E-state index is -0.113. The van der Waals surface area contributed by atoms with Crippen LogP contribution in [0, 0.1) is 19.8 Å². The quantitative estimate of drug-likeness (QED) is 0.607. The minimum absolute atomic E-state index is 0.00955. The second-order valence-electron chi connectivity index (χ2n) is 7.71. The summed E-state index contributed by atoms with van der Waals surface area (Å²) in [5, 5.41) is 7.39. The monoisotopic (exact) mass is 481 g/mol. The van der Waals surface area contributed by atoms with Crippen LogP contribution in [0.15, 0.2) is 53.1 Å². The van der Waals surface area contributed by atoms with Crippen LogP contribution in [0.5, 0.6) is 0 Å². The van der Waals surface area contributed by atoms with Crippen LogP contribution in [0.4, 0.5) is 5.82 Å². The van der Waals surface area contributed by atoms with Gasteiger partial charge in [0.15, 0.2) is 0 Å². The van der Waals surface area contributed by atoms with E-state index in [1.807, 2.05) is 59.8 Å². The standard InChI is InChI=1S/C23H24BrN5O2/c1-15-21(24)16(2)29(27-15)19-8-6-18(7-9-19)23(31)28-13-10-17(11-14-28)22(30)26-20-5-3-4-12-25-20/h3-9,12,17H,10-11,13-14H2,1-2H3,(H,25,26,30). The predicted molar refractivity (Wildman–Crippen MR) is 122 cm³/mol. The van der Waals surface area contributed by atoms with Crippen molar-refractivity contribution < 1.29 is 9.59 Å². The first-order chi connectivity index (χ1) is 14.9. The fourth-order valence-electron chi connectivity index (χ4n) is 3.81. The third-order valence-corrected chi connectivity index (χ3v) is 6.78. The summed E-state index contributed by atoms with van der Waals surface area (Å²) < 4.78 is 2.85. The number of carbonyl (C=O) groups excluding carboxylic acids is 2. The molecule has 2 aromatic heterocycles. The molecule has 1 N–H and O–H groups in total. The van der Waals surface area contributed by atoms with Gasteiger partial charge in [-0.3, -0.25) is 9.59 Å². The lowest BCUT2D eigenvalue weighted by Gasteiger charge is -2.31. The Hall–Kier alpha value is -3.00. The van der Waals surface area contributed by atoms with Gasteiger partial charge in [0, 0.05) is 30.8 Å². The molecular weight excluding hydrogens is 458 g/mol. The van der Waals surface area contributed by atoms with Crippen molar-refractivity contribution in [3.05, 3.63) is 70.1 Å². The molecule has 3 aromatic rings. The van der Waals surface area contributed by atoms with Gasteiger partial charge in [-0.2, -0.15) is 5.10 Å². The molecule has 0 aliphatic carbocycles. The van der Waals surface area contributed by atoms with E-state index in [0.717, 1.165) is 21.5 Å². The number of aromatic nitrogens is 3. The summed E-state index contributed by atoms with van der Waals surface area (Å²) in [5.74, 6) is 0.398. The summed E-state index contributed by atoms with van der Waals surface area (Å²) in [4.78, 5) is 31.3. The molecule has 0 spiro atoms. The van der Waals surface area contributed by atoms with E-state index in [-0.39, 0.29) is 17.7 Å². The smallest absolute Gasteiger partial charge is 0.253 e. The van der Waals surface area contributed by atoms with Crippen molar-refractivity contribution >= 4 is 33.6 Å². The largest absolute Gasteiger partial charge is 0.339 e. The van der Waals surface area contributed by atoms with E-state index in [1.165, 1.54) is 0 Å². The number of piperidine rings is 1. The Morgan fingerprint density at radius 2 is 1.77 bits per heavy atom. The molecular formula is C23H24BrN5O2. The predicted octanol–water partition coefficient (Wildman–Crippen LogP) is 4.14. The molecule has 1 fully saturated rings. The molecule has 7 nitrogen and oxygen atoms in total. The Balaban J connectivity index is 1.36. The fraction of sp³-hybridized carbons (Fsp3) is 0.304. The number of aryl methyl sites for hydroxylation is 1. The van der Waals surface area contributed by atoms with Gasteiger partial charge in [-0.15, -0.1) is 0 Å². The first-order valence-corrected chi connectivity index (χ1v) is 11.1. The summed E-state index contributed by atoms with van der Waals surface area (Å²) >= 11 is 3.54. The molecule has 31 heavy (non-hydrogen) atoms. The third kappa shape index (κ3) is 4.54. The first kappa shape index (κ1) is 21.2. The van der Waals surface area contributed by atoms with Crippen LogP contribution < -0.4 is 5.32 Å². The van der Waals surface area contributed by atoms with Crippen molar-refractivity contribution in [3.63, 3.8) is 0 Å². The molecule has 1 aromatic carbocycles. The van der Waals surface area contributed by atoms with Crippen LogP contribution >= 0.6 is 15.9 Å². The lowest BCUT2D eigenvalue weighted by molar-refractivity contribution is -0.121. The summed E-state index contributed by atoms with van der Waals surface area (Å²) in [6.07, 6.45) is 2.93. The maximum absolute atomic E-state index is 12.9. The summed E-state index contributed by atoms with van der Waals surface area (Å²) in [7, 11) is 0. The van der Waals surface area contributed by atoms with E-state index in [4.69, 9.17) is 0 Å². The van der Waals surface area contributed by atoms with Crippen LogP contribution in [0.25, 0.3) is 5.69 Å². The van der Waals surface area contributed by atoms with Gasteiger partial charge >= 0.3 is 0 Å². The Bertz CT molecular complexity index is 1090. The molecule has 8 heteroatoms. The van der Waals surface area contributed by atoms with Crippen molar-refractivity contribution in [2.45, 2.75) is 26.7 Å². The average Bonchev–Trinajstić information content (AvgIpc) is 3.06. The van der Waals surface area contributed by atoms with Crippen LogP contribution in [0.1, 0.15) is 34.6 Å². The third-order valence-electron chi connectivity index (χ3n) is 5.63. The van der Waals surface area contributed by atoms with Gasteiger partial charge in [-0.1, -0.05) is 6.07 Å². The second-order valence-corrected chi connectivity index (χ2v) is 8.51. The maximum Gasteiger partial charge on any atom is 0.253 e. The lowest BCUT2D eigenvalue weighted by atomic mass is 9.95. The highest BCUT2D eigenvalue weighted by Crippen LogP contribution is 2.24. The number of pyridine rings is 1. The zero-order valence-electron chi connectivity index (χ0n) is 17.5. The van der Waals surface area contributed by atoms with E-state index in [9.17, 15) is 9.59 Å². The minimum Gasteiger partial charge on any atom is -0.339 e. The van der Waals surface area contributed by atoms with Gasteiger partial charge in [-0.25, -0.2) is 9.67 Å². The molecule has 3 heterocycles. The SMILES string of the molecule is Cc1nn(-c2ccc(C(=O)N3CCC(C(=O)Nc4ccccn4)CC3)cc2)c(C)c1Br.